The van der Waals surface area contributed by atoms with E-state index < -0.39 is 0 Å². The van der Waals surface area contributed by atoms with Gasteiger partial charge in [-0.25, -0.2) is 0 Å². The molecular formula is C5H6NO2. The van der Waals surface area contributed by atoms with Crippen LogP contribution in [0.3, 0.4) is 0 Å². The fraction of sp³-hybridized carbons (Fsp3) is 0.400. The summed E-state index contributed by atoms with van der Waals surface area (Å²) in [6.07, 6.45) is 0.671. The van der Waals surface area contributed by atoms with Gasteiger partial charge in [0.1, 0.15) is 0 Å². The third kappa shape index (κ3) is 0.598. The highest BCUT2D eigenvalue weighted by molar-refractivity contribution is 6.02. The summed E-state index contributed by atoms with van der Waals surface area (Å²) < 4.78 is 0. The molecule has 2 amide bonds. The maximum Gasteiger partial charge on any atom is 0.229 e. The smallest absolute Gasteiger partial charge is 0.229 e. The molecule has 1 radical (unpaired) electrons. The SMILES string of the molecule is [CH2]N1C(=O)CCC1=O. The second-order valence-electron chi connectivity index (χ2n) is 1.72. The molecule has 0 unspecified atom stereocenters. The van der Waals surface area contributed by atoms with E-state index in [1.54, 1.807) is 0 Å². The lowest BCUT2D eigenvalue weighted by atomic mass is 10.4. The third-order valence-corrected chi connectivity index (χ3v) is 1.15. The maximum absolute atomic E-state index is 10.4. The van der Waals surface area contributed by atoms with Crippen molar-refractivity contribution in [1.29, 1.82) is 0 Å². The van der Waals surface area contributed by atoms with Crippen molar-refractivity contribution in [2.45, 2.75) is 12.8 Å². The van der Waals surface area contributed by atoms with Crippen molar-refractivity contribution >= 4 is 11.8 Å². The molecular weight excluding hydrogens is 106 g/mol. The Hall–Kier alpha value is -0.860. The average Bonchev–Trinajstić information content (AvgIpc) is 1.98. The monoisotopic (exact) mass is 112 g/mol. The van der Waals surface area contributed by atoms with Crippen LogP contribution >= 0.6 is 0 Å². The number of carbonyl (C=O) groups is 2. The van der Waals surface area contributed by atoms with Crippen LogP contribution in [0.2, 0.25) is 0 Å². The van der Waals surface area contributed by atoms with E-state index in [1.165, 1.54) is 0 Å². The highest BCUT2D eigenvalue weighted by Gasteiger charge is 2.24. The van der Waals surface area contributed by atoms with Gasteiger partial charge < -0.3 is 0 Å². The molecule has 43 valence electrons. The number of rotatable bonds is 0. The first-order chi connectivity index (χ1) is 3.72. The van der Waals surface area contributed by atoms with Gasteiger partial charge in [0.05, 0.1) is 0 Å². The van der Waals surface area contributed by atoms with Crippen LogP contribution in [0.4, 0.5) is 0 Å². The van der Waals surface area contributed by atoms with Crippen molar-refractivity contribution in [2.24, 2.45) is 0 Å². The predicted molar refractivity (Wildman–Crippen MR) is 26.4 cm³/mol. The lowest BCUT2D eigenvalue weighted by molar-refractivity contribution is -0.135. The van der Waals surface area contributed by atoms with Crippen molar-refractivity contribution in [3.8, 4) is 0 Å². The Morgan fingerprint density at radius 3 is 1.75 bits per heavy atom. The molecule has 0 aromatic rings. The van der Waals surface area contributed by atoms with E-state index in [2.05, 4.69) is 7.05 Å². The molecule has 0 aromatic carbocycles. The van der Waals surface area contributed by atoms with Crippen LogP contribution in [0.5, 0.6) is 0 Å². The standard InChI is InChI=1S/C5H6NO2/c1-6-4(7)2-3-5(6)8/h1-3H2. The maximum atomic E-state index is 10.4. The summed E-state index contributed by atoms with van der Waals surface area (Å²) in [6, 6.07) is 0. The number of likely N-dealkylation sites (tertiary alicyclic amines) is 1. The molecule has 3 nitrogen and oxygen atoms in total. The Bertz CT molecular complexity index is 125. The molecule has 0 atom stereocenters. The zero-order valence-corrected chi connectivity index (χ0v) is 4.39. The van der Waals surface area contributed by atoms with Gasteiger partial charge in [0.15, 0.2) is 0 Å². The van der Waals surface area contributed by atoms with Gasteiger partial charge in [-0.2, -0.15) is 0 Å². The van der Waals surface area contributed by atoms with Crippen LogP contribution in [0, 0.1) is 7.05 Å². The number of carbonyl (C=O) groups excluding carboxylic acids is 2. The van der Waals surface area contributed by atoms with Crippen molar-refractivity contribution < 1.29 is 9.59 Å². The number of amides is 2. The van der Waals surface area contributed by atoms with Crippen molar-refractivity contribution in [2.75, 3.05) is 0 Å². The van der Waals surface area contributed by atoms with Gasteiger partial charge in [-0.05, 0) is 0 Å². The number of nitrogens with zero attached hydrogens (tertiary/aromatic N) is 1. The lowest BCUT2D eigenvalue weighted by Crippen LogP contribution is -2.20. The first kappa shape index (κ1) is 5.28. The molecule has 1 aliphatic heterocycles. The second kappa shape index (κ2) is 1.58. The van der Waals surface area contributed by atoms with E-state index >= 15 is 0 Å². The minimum atomic E-state index is -0.171. The molecule has 0 bridgehead atoms. The topological polar surface area (TPSA) is 37.4 Å². The first-order valence-electron chi connectivity index (χ1n) is 2.38. The molecule has 1 fully saturated rings. The van der Waals surface area contributed by atoms with E-state index in [9.17, 15) is 9.59 Å². The summed E-state index contributed by atoms with van der Waals surface area (Å²) in [6.45, 7) is 0. The third-order valence-electron chi connectivity index (χ3n) is 1.15. The Morgan fingerprint density at radius 2 is 1.62 bits per heavy atom. The molecule has 0 aliphatic carbocycles. The lowest BCUT2D eigenvalue weighted by Gasteiger charge is -2.00. The summed E-state index contributed by atoms with van der Waals surface area (Å²) in [5, 5.41) is 0. The number of imide groups is 1. The van der Waals surface area contributed by atoms with E-state index in [4.69, 9.17) is 0 Å². The second-order valence-corrected chi connectivity index (χ2v) is 1.72. The largest absolute Gasteiger partial charge is 0.281 e. The minimum Gasteiger partial charge on any atom is -0.281 e. The van der Waals surface area contributed by atoms with Crippen LogP contribution in [-0.2, 0) is 9.59 Å². The van der Waals surface area contributed by atoms with E-state index in [1.807, 2.05) is 0 Å². The van der Waals surface area contributed by atoms with Crippen molar-refractivity contribution in [3.05, 3.63) is 7.05 Å². The van der Waals surface area contributed by atoms with Crippen LogP contribution in [0.15, 0.2) is 0 Å². The van der Waals surface area contributed by atoms with Crippen molar-refractivity contribution in [1.82, 2.24) is 4.90 Å². The number of hydrogen-bond donors (Lipinski definition) is 0. The van der Waals surface area contributed by atoms with Gasteiger partial charge in [0.25, 0.3) is 0 Å². The van der Waals surface area contributed by atoms with E-state index in [0.29, 0.717) is 12.8 Å². The van der Waals surface area contributed by atoms with Gasteiger partial charge in [-0.1, -0.05) is 0 Å². The fourth-order valence-corrected chi connectivity index (χ4v) is 0.623. The summed E-state index contributed by atoms with van der Waals surface area (Å²) >= 11 is 0. The fourth-order valence-electron chi connectivity index (χ4n) is 0.623. The van der Waals surface area contributed by atoms with Gasteiger partial charge in [0, 0.05) is 19.9 Å². The van der Waals surface area contributed by atoms with E-state index in [-0.39, 0.29) is 11.8 Å². The highest BCUT2D eigenvalue weighted by Crippen LogP contribution is 2.08. The zero-order chi connectivity index (χ0) is 6.15. The van der Waals surface area contributed by atoms with Crippen LogP contribution < -0.4 is 0 Å². The van der Waals surface area contributed by atoms with Crippen molar-refractivity contribution in [3.63, 3.8) is 0 Å². The quantitative estimate of drug-likeness (QED) is 0.411. The Balaban J connectivity index is 2.70. The highest BCUT2D eigenvalue weighted by atomic mass is 16.2. The summed E-state index contributed by atoms with van der Waals surface area (Å²) in [7, 11) is 3.23. The molecule has 1 rings (SSSR count). The van der Waals surface area contributed by atoms with Crippen LogP contribution in [0.25, 0.3) is 0 Å². The van der Waals surface area contributed by atoms with Crippen LogP contribution in [-0.4, -0.2) is 16.7 Å². The van der Waals surface area contributed by atoms with Crippen LogP contribution in [0.1, 0.15) is 12.8 Å². The molecule has 0 spiro atoms. The summed E-state index contributed by atoms with van der Waals surface area (Å²) in [4.78, 5) is 21.8. The molecule has 8 heavy (non-hydrogen) atoms. The Kier molecular flexibility index (Phi) is 1.04. The zero-order valence-electron chi connectivity index (χ0n) is 4.39. The molecule has 0 aromatic heterocycles. The normalized spacial score (nSPS) is 20.4. The summed E-state index contributed by atoms with van der Waals surface area (Å²) in [5.74, 6) is -0.343. The Morgan fingerprint density at radius 1 is 1.25 bits per heavy atom. The van der Waals surface area contributed by atoms with Gasteiger partial charge >= 0.3 is 0 Å². The van der Waals surface area contributed by atoms with Gasteiger partial charge in [-0.3, -0.25) is 14.5 Å². The van der Waals surface area contributed by atoms with Gasteiger partial charge in [0.2, 0.25) is 11.8 Å². The Labute approximate surface area is 47.3 Å². The average molecular weight is 112 g/mol. The van der Waals surface area contributed by atoms with E-state index in [0.717, 1.165) is 4.90 Å². The molecule has 0 N–H and O–H groups in total. The summed E-state index contributed by atoms with van der Waals surface area (Å²) in [5.41, 5.74) is 0. The predicted octanol–water partition coefficient (Wildman–Crippen LogP) is -0.0730. The molecule has 3 heteroatoms. The minimum absolute atomic E-state index is 0.171. The molecule has 1 saturated heterocycles. The number of hydrogen-bond acceptors (Lipinski definition) is 2. The first-order valence-corrected chi connectivity index (χ1v) is 2.38. The van der Waals surface area contributed by atoms with Gasteiger partial charge in [-0.15, -0.1) is 0 Å². The molecule has 1 heterocycles. The molecule has 0 saturated carbocycles. The molecule has 1 aliphatic rings.